The highest BCUT2D eigenvalue weighted by molar-refractivity contribution is 7.89. The van der Waals surface area contributed by atoms with Crippen LogP contribution in [-0.2, 0) is 23.0 Å². The highest BCUT2D eigenvalue weighted by atomic mass is 32.2. The molecule has 13 heteroatoms. The van der Waals surface area contributed by atoms with E-state index in [1.54, 1.807) is 16.9 Å². The second kappa shape index (κ2) is 13.1. The molecule has 0 spiro atoms. The van der Waals surface area contributed by atoms with Crippen LogP contribution in [0.5, 0.6) is 5.75 Å². The Balaban J connectivity index is 1.57. The van der Waals surface area contributed by atoms with E-state index in [-0.39, 0.29) is 22.8 Å². The van der Waals surface area contributed by atoms with E-state index in [0.717, 1.165) is 24.2 Å². The Morgan fingerprint density at radius 3 is 2.55 bits per heavy atom. The molecule has 0 bridgehead atoms. The number of ether oxygens (including phenoxy) is 1. The Morgan fingerprint density at radius 2 is 1.86 bits per heavy atom. The highest BCUT2D eigenvalue weighted by Gasteiger charge is 2.29. The summed E-state index contributed by atoms with van der Waals surface area (Å²) in [5.74, 6) is 0.655. The molecule has 3 aromatic heterocycles. The van der Waals surface area contributed by atoms with E-state index >= 15 is 0 Å². The van der Waals surface area contributed by atoms with E-state index in [1.165, 1.54) is 16.4 Å². The fourth-order valence-corrected chi connectivity index (χ4v) is 6.58. The third kappa shape index (κ3) is 6.24. The SMILES string of the molecule is CCCOc1ccc(S(=O)(=O)N2CCN(CCO)CC2)cc1-c1nc2c(CCC)n(Cc3ccccn3)nc2c(=O)[nH]1. The van der Waals surface area contributed by atoms with Crippen molar-refractivity contribution in [2.24, 2.45) is 0 Å². The van der Waals surface area contributed by atoms with E-state index < -0.39 is 15.6 Å². The van der Waals surface area contributed by atoms with E-state index in [1.807, 2.05) is 36.9 Å². The summed E-state index contributed by atoms with van der Waals surface area (Å²) in [6.07, 6.45) is 3.93. The van der Waals surface area contributed by atoms with Gasteiger partial charge in [0, 0.05) is 38.9 Å². The molecule has 0 amide bonds. The number of β-amino-alcohol motifs (C(OH)–C–C–N with tert-alkyl or cyclic N) is 1. The highest BCUT2D eigenvalue weighted by Crippen LogP contribution is 2.32. The molecule has 4 heterocycles. The summed E-state index contributed by atoms with van der Waals surface area (Å²) in [7, 11) is -3.82. The molecule has 1 aliphatic heterocycles. The van der Waals surface area contributed by atoms with Gasteiger partial charge in [0.15, 0.2) is 5.52 Å². The van der Waals surface area contributed by atoms with Crippen molar-refractivity contribution < 1.29 is 18.3 Å². The number of nitrogens with zero attached hydrogens (tertiary/aromatic N) is 6. The van der Waals surface area contributed by atoms with E-state index in [0.29, 0.717) is 69.1 Å². The molecule has 4 aromatic rings. The lowest BCUT2D eigenvalue weighted by atomic mass is 10.1. The van der Waals surface area contributed by atoms with Crippen molar-refractivity contribution in [1.82, 2.24) is 33.9 Å². The predicted octanol–water partition coefficient (Wildman–Crippen LogP) is 2.27. The summed E-state index contributed by atoms with van der Waals surface area (Å²) in [4.78, 5) is 27.6. The minimum absolute atomic E-state index is 0.0346. The van der Waals surface area contributed by atoms with Gasteiger partial charge in [-0.05, 0) is 43.2 Å². The minimum Gasteiger partial charge on any atom is -0.493 e. The van der Waals surface area contributed by atoms with Crippen LogP contribution in [0.3, 0.4) is 0 Å². The van der Waals surface area contributed by atoms with E-state index in [2.05, 4.69) is 15.1 Å². The quantitative estimate of drug-likeness (QED) is 0.252. The maximum absolute atomic E-state index is 13.7. The van der Waals surface area contributed by atoms with Crippen LogP contribution in [0.15, 0.2) is 52.3 Å². The number of piperazine rings is 1. The lowest BCUT2D eigenvalue weighted by molar-refractivity contribution is 0.151. The Morgan fingerprint density at radius 1 is 1.05 bits per heavy atom. The summed E-state index contributed by atoms with van der Waals surface area (Å²) >= 11 is 0. The van der Waals surface area contributed by atoms with Crippen LogP contribution in [0, 0.1) is 0 Å². The van der Waals surface area contributed by atoms with Crippen LogP contribution >= 0.6 is 0 Å². The van der Waals surface area contributed by atoms with Crippen molar-refractivity contribution >= 4 is 21.1 Å². The van der Waals surface area contributed by atoms with Crippen LogP contribution in [0.4, 0.5) is 0 Å². The lowest BCUT2D eigenvalue weighted by Crippen LogP contribution is -2.49. The number of rotatable bonds is 12. The Kier molecular flexibility index (Phi) is 9.31. The number of aliphatic hydroxyl groups is 1. The first-order valence-electron chi connectivity index (χ1n) is 14.4. The van der Waals surface area contributed by atoms with Crippen molar-refractivity contribution in [3.63, 3.8) is 0 Å². The van der Waals surface area contributed by atoms with Gasteiger partial charge in [0.1, 0.15) is 17.1 Å². The van der Waals surface area contributed by atoms with E-state index in [4.69, 9.17) is 9.72 Å². The number of pyridine rings is 1. The molecule has 5 rings (SSSR count). The maximum atomic E-state index is 13.7. The summed E-state index contributed by atoms with van der Waals surface area (Å²) in [5, 5.41) is 13.8. The molecule has 0 atom stereocenters. The fraction of sp³-hybridized carbons (Fsp3) is 0.448. The van der Waals surface area contributed by atoms with Crippen molar-refractivity contribution in [3.05, 3.63) is 64.3 Å². The summed E-state index contributed by atoms with van der Waals surface area (Å²) in [6, 6.07) is 10.3. The second-order valence-corrected chi connectivity index (χ2v) is 12.2. The molecule has 0 saturated carbocycles. The third-order valence-corrected chi connectivity index (χ3v) is 9.17. The molecular weight excluding hydrogens is 558 g/mol. The van der Waals surface area contributed by atoms with Gasteiger partial charge in [0.2, 0.25) is 10.0 Å². The number of nitrogens with one attached hydrogen (secondary N) is 1. The summed E-state index contributed by atoms with van der Waals surface area (Å²) in [6.45, 7) is 7.12. The van der Waals surface area contributed by atoms with Gasteiger partial charge in [0.25, 0.3) is 5.56 Å². The van der Waals surface area contributed by atoms with Gasteiger partial charge in [-0.1, -0.05) is 26.3 Å². The summed E-state index contributed by atoms with van der Waals surface area (Å²) < 4.78 is 36.5. The van der Waals surface area contributed by atoms with Gasteiger partial charge in [-0.15, -0.1) is 0 Å². The zero-order valence-corrected chi connectivity index (χ0v) is 24.8. The molecule has 1 saturated heterocycles. The average Bonchev–Trinajstić information content (AvgIpc) is 3.34. The molecule has 1 aliphatic rings. The Bertz CT molecular complexity index is 1680. The molecule has 0 aliphatic carbocycles. The molecule has 2 N–H and O–H groups in total. The fourth-order valence-electron chi connectivity index (χ4n) is 5.13. The van der Waals surface area contributed by atoms with Crippen molar-refractivity contribution in [3.8, 4) is 17.1 Å². The Hall–Kier alpha value is -3.65. The molecule has 12 nitrogen and oxygen atoms in total. The Labute approximate surface area is 245 Å². The smallest absolute Gasteiger partial charge is 0.279 e. The number of H-pyrrole nitrogens is 1. The average molecular weight is 596 g/mol. The van der Waals surface area contributed by atoms with E-state index in [9.17, 15) is 18.3 Å². The molecular formula is C29H37N7O5S. The summed E-state index contributed by atoms with van der Waals surface area (Å²) in [5.41, 5.74) is 2.29. The normalized spacial score (nSPS) is 14.9. The van der Waals surface area contributed by atoms with Gasteiger partial charge in [0.05, 0.1) is 41.6 Å². The van der Waals surface area contributed by atoms with Gasteiger partial charge in [-0.25, -0.2) is 13.4 Å². The molecule has 1 aromatic carbocycles. The second-order valence-electron chi connectivity index (χ2n) is 10.3. The first-order valence-corrected chi connectivity index (χ1v) is 15.8. The number of fused-ring (bicyclic) bond motifs is 1. The standard InChI is InChI=1S/C29H37N7O5S/c1-3-7-24-26-27(33-36(24)20-21-8-5-6-11-30-21)29(38)32-28(31-26)23-19-22(9-10-25(23)41-18-4-2)42(39,40)35-14-12-34(13-15-35)16-17-37/h5-6,8-11,19,37H,3-4,7,12-18,20H2,1-2H3,(H,31,32,38). The number of aromatic amines is 1. The van der Waals surface area contributed by atoms with Crippen LogP contribution in [-0.4, -0.2) is 93.4 Å². The maximum Gasteiger partial charge on any atom is 0.279 e. The molecule has 1 fully saturated rings. The number of aliphatic hydroxyl groups excluding tert-OH is 1. The van der Waals surface area contributed by atoms with Crippen molar-refractivity contribution in [2.75, 3.05) is 45.9 Å². The number of aromatic nitrogens is 5. The zero-order chi connectivity index (χ0) is 29.7. The molecule has 224 valence electrons. The van der Waals surface area contributed by atoms with Crippen molar-refractivity contribution in [2.45, 2.75) is 44.6 Å². The number of aryl methyl sites for hydroxylation is 1. The predicted molar refractivity (Wildman–Crippen MR) is 159 cm³/mol. The largest absolute Gasteiger partial charge is 0.493 e. The lowest BCUT2D eigenvalue weighted by Gasteiger charge is -2.33. The first kappa shape index (κ1) is 29.8. The topological polar surface area (TPSA) is 147 Å². The van der Waals surface area contributed by atoms with Gasteiger partial charge >= 0.3 is 0 Å². The number of sulfonamides is 1. The molecule has 0 unspecified atom stereocenters. The van der Waals surface area contributed by atoms with Gasteiger partial charge in [-0.2, -0.15) is 9.40 Å². The molecule has 42 heavy (non-hydrogen) atoms. The zero-order valence-electron chi connectivity index (χ0n) is 24.0. The van der Waals surface area contributed by atoms with Crippen LogP contribution in [0.1, 0.15) is 38.1 Å². The van der Waals surface area contributed by atoms with Gasteiger partial charge < -0.3 is 14.8 Å². The minimum atomic E-state index is -3.82. The number of hydrogen-bond donors (Lipinski definition) is 2. The number of hydrogen-bond acceptors (Lipinski definition) is 9. The third-order valence-electron chi connectivity index (χ3n) is 7.28. The monoisotopic (exact) mass is 595 g/mol. The van der Waals surface area contributed by atoms with Crippen LogP contribution in [0.25, 0.3) is 22.4 Å². The van der Waals surface area contributed by atoms with Gasteiger partial charge in [-0.3, -0.25) is 19.4 Å². The van der Waals surface area contributed by atoms with Crippen molar-refractivity contribution in [1.29, 1.82) is 0 Å². The number of benzene rings is 1. The first-order chi connectivity index (χ1) is 20.3. The van der Waals surface area contributed by atoms with Crippen LogP contribution in [0.2, 0.25) is 0 Å². The van der Waals surface area contributed by atoms with Crippen LogP contribution < -0.4 is 10.3 Å². The molecule has 0 radical (unpaired) electrons.